The molecule has 0 radical (unpaired) electrons. The number of nitrogens with zero attached hydrogens (tertiary/aromatic N) is 1. The summed E-state index contributed by atoms with van der Waals surface area (Å²) in [5.41, 5.74) is 1.13. The molecule has 0 spiro atoms. The van der Waals surface area contributed by atoms with Gasteiger partial charge in [0.2, 0.25) is 0 Å². The van der Waals surface area contributed by atoms with Crippen LogP contribution in [-0.4, -0.2) is 23.3 Å². The Balaban J connectivity index is 2.02. The van der Waals surface area contributed by atoms with Crippen molar-refractivity contribution in [2.75, 3.05) is 18.4 Å². The van der Waals surface area contributed by atoms with Crippen LogP contribution in [0.3, 0.4) is 0 Å². The second-order valence-corrected chi connectivity index (χ2v) is 6.04. The molecule has 0 saturated carbocycles. The van der Waals surface area contributed by atoms with E-state index >= 15 is 0 Å². The van der Waals surface area contributed by atoms with Crippen LogP contribution in [0.4, 0.5) is 0 Å². The number of halogens is 3. The second kappa shape index (κ2) is 6.42. The minimum absolute atomic E-state index is 0.651. The lowest BCUT2D eigenvalue weighted by Crippen LogP contribution is -2.35. The first-order valence-corrected chi connectivity index (χ1v) is 7.79. The van der Waals surface area contributed by atoms with E-state index in [4.69, 9.17) is 23.2 Å². The van der Waals surface area contributed by atoms with Crippen molar-refractivity contribution in [2.45, 2.75) is 19.4 Å². The Bertz CT molecular complexity index is 384. The number of likely N-dealkylation sites (tertiary alicyclic amines) is 1. The summed E-state index contributed by atoms with van der Waals surface area (Å²) in [6.45, 7) is 3.21. The van der Waals surface area contributed by atoms with Crippen LogP contribution in [0, 0.1) is 5.92 Å². The number of hydrogen-bond donors (Lipinski definition) is 0. The lowest BCUT2D eigenvalue weighted by Gasteiger charge is -2.32. The summed E-state index contributed by atoms with van der Waals surface area (Å²) in [6.07, 6.45) is 2.60. The highest BCUT2D eigenvalue weighted by Crippen LogP contribution is 2.28. The lowest BCUT2D eigenvalue weighted by molar-refractivity contribution is 0.179. The normalized spacial score (nSPS) is 21.7. The predicted octanol–water partition coefficient (Wildman–Crippen LogP) is 4.60. The van der Waals surface area contributed by atoms with Gasteiger partial charge in [-0.3, -0.25) is 4.90 Å². The minimum atomic E-state index is 0.651. The van der Waals surface area contributed by atoms with Crippen molar-refractivity contribution in [2.24, 2.45) is 5.92 Å². The van der Waals surface area contributed by atoms with Gasteiger partial charge in [0.15, 0.2) is 0 Å². The van der Waals surface area contributed by atoms with E-state index in [1.165, 1.54) is 12.8 Å². The maximum absolute atomic E-state index is 6.21. The average molecular weight is 337 g/mol. The van der Waals surface area contributed by atoms with Crippen molar-refractivity contribution in [1.82, 2.24) is 4.90 Å². The van der Waals surface area contributed by atoms with Gasteiger partial charge in [-0.15, -0.1) is 0 Å². The predicted molar refractivity (Wildman–Crippen MR) is 78.3 cm³/mol. The number of hydrogen-bond acceptors (Lipinski definition) is 1. The van der Waals surface area contributed by atoms with Gasteiger partial charge in [0.05, 0.1) is 10.0 Å². The van der Waals surface area contributed by atoms with Gasteiger partial charge in [-0.1, -0.05) is 51.3 Å². The highest BCUT2D eigenvalue weighted by atomic mass is 79.9. The van der Waals surface area contributed by atoms with Crippen molar-refractivity contribution >= 4 is 39.1 Å². The van der Waals surface area contributed by atoms with Crippen molar-refractivity contribution in [3.8, 4) is 0 Å². The summed E-state index contributed by atoms with van der Waals surface area (Å²) in [5.74, 6) is 0.765. The molecule has 17 heavy (non-hydrogen) atoms. The number of alkyl halides is 1. The first-order valence-electron chi connectivity index (χ1n) is 5.92. The quantitative estimate of drug-likeness (QED) is 0.729. The fourth-order valence-electron chi connectivity index (χ4n) is 2.33. The molecule has 94 valence electrons. The third-order valence-corrected chi connectivity index (χ3v) is 5.02. The molecule has 1 aromatic rings. The lowest BCUT2D eigenvalue weighted by atomic mass is 10.00. The monoisotopic (exact) mass is 335 g/mol. The van der Waals surface area contributed by atoms with Gasteiger partial charge < -0.3 is 0 Å². The van der Waals surface area contributed by atoms with E-state index in [-0.39, 0.29) is 0 Å². The van der Waals surface area contributed by atoms with Crippen molar-refractivity contribution < 1.29 is 0 Å². The molecule has 0 aromatic heterocycles. The zero-order valence-corrected chi connectivity index (χ0v) is 12.7. The van der Waals surface area contributed by atoms with Crippen LogP contribution < -0.4 is 0 Å². The standard InChI is InChI=1S/C13H16BrCl2N/c14-7-10-3-2-6-17(8-10)9-11-4-1-5-12(15)13(11)16/h1,4-5,10H,2-3,6-9H2. The third-order valence-electron chi connectivity index (χ3n) is 3.25. The molecule has 1 nitrogen and oxygen atoms in total. The zero-order chi connectivity index (χ0) is 12.3. The Morgan fingerprint density at radius 1 is 1.35 bits per heavy atom. The fraction of sp³-hybridized carbons (Fsp3) is 0.538. The first kappa shape index (κ1) is 13.7. The van der Waals surface area contributed by atoms with E-state index < -0.39 is 0 Å². The second-order valence-electron chi connectivity index (χ2n) is 4.61. The van der Waals surface area contributed by atoms with Gasteiger partial charge in [-0.2, -0.15) is 0 Å². The number of piperidine rings is 1. The zero-order valence-electron chi connectivity index (χ0n) is 9.63. The molecule has 0 aliphatic carbocycles. The average Bonchev–Trinajstić information content (AvgIpc) is 2.35. The highest BCUT2D eigenvalue weighted by Gasteiger charge is 2.19. The number of benzene rings is 1. The Morgan fingerprint density at radius 3 is 2.94 bits per heavy atom. The van der Waals surface area contributed by atoms with Crippen LogP contribution in [-0.2, 0) is 6.54 Å². The molecule has 0 N–H and O–H groups in total. The molecule has 1 atom stereocenters. The van der Waals surface area contributed by atoms with Crippen LogP contribution in [0.25, 0.3) is 0 Å². The smallest absolute Gasteiger partial charge is 0.0637 e. The molecule has 1 unspecified atom stereocenters. The summed E-state index contributed by atoms with van der Waals surface area (Å²) >= 11 is 15.8. The third kappa shape index (κ3) is 3.60. The van der Waals surface area contributed by atoms with Gasteiger partial charge in [0.25, 0.3) is 0 Å². The maximum Gasteiger partial charge on any atom is 0.0637 e. The van der Waals surface area contributed by atoms with E-state index in [9.17, 15) is 0 Å². The molecule has 1 aromatic carbocycles. The summed E-state index contributed by atoms with van der Waals surface area (Å²) in [4.78, 5) is 2.47. The Kier molecular flexibility index (Phi) is 5.16. The van der Waals surface area contributed by atoms with Gasteiger partial charge in [-0.05, 0) is 36.9 Å². The van der Waals surface area contributed by atoms with Crippen molar-refractivity contribution in [3.63, 3.8) is 0 Å². The maximum atomic E-state index is 6.21. The molecular weight excluding hydrogens is 321 g/mol. The summed E-state index contributed by atoms with van der Waals surface area (Å²) in [5, 5.41) is 2.45. The van der Waals surface area contributed by atoms with E-state index in [1.807, 2.05) is 12.1 Å². The van der Waals surface area contributed by atoms with Gasteiger partial charge in [-0.25, -0.2) is 0 Å². The molecule has 1 saturated heterocycles. The highest BCUT2D eigenvalue weighted by molar-refractivity contribution is 9.09. The summed E-state index contributed by atoms with van der Waals surface area (Å²) in [6, 6.07) is 5.87. The SMILES string of the molecule is Clc1cccc(CN2CCCC(CBr)C2)c1Cl. The van der Waals surface area contributed by atoms with Crippen LogP contribution in [0.15, 0.2) is 18.2 Å². The summed E-state index contributed by atoms with van der Waals surface area (Å²) in [7, 11) is 0. The molecular formula is C13H16BrCl2N. The molecule has 1 aliphatic heterocycles. The van der Waals surface area contributed by atoms with Crippen LogP contribution in [0.5, 0.6) is 0 Å². The van der Waals surface area contributed by atoms with Crippen molar-refractivity contribution in [1.29, 1.82) is 0 Å². The molecule has 1 fully saturated rings. The van der Waals surface area contributed by atoms with Gasteiger partial charge in [0, 0.05) is 18.4 Å². The van der Waals surface area contributed by atoms with E-state index in [2.05, 4.69) is 26.9 Å². The topological polar surface area (TPSA) is 3.24 Å². The van der Waals surface area contributed by atoms with Crippen LogP contribution >= 0.6 is 39.1 Å². The molecule has 0 bridgehead atoms. The molecule has 1 aliphatic rings. The minimum Gasteiger partial charge on any atom is -0.299 e. The van der Waals surface area contributed by atoms with Crippen LogP contribution in [0.1, 0.15) is 18.4 Å². The van der Waals surface area contributed by atoms with Crippen LogP contribution in [0.2, 0.25) is 10.0 Å². The Labute approximate surface area is 121 Å². The largest absolute Gasteiger partial charge is 0.299 e. The Morgan fingerprint density at radius 2 is 2.18 bits per heavy atom. The van der Waals surface area contributed by atoms with E-state index in [1.54, 1.807) is 0 Å². The molecule has 4 heteroatoms. The summed E-state index contributed by atoms with van der Waals surface area (Å²) < 4.78 is 0. The van der Waals surface area contributed by atoms with Crippen molar-refractivity contribution in [3.05, 3.63) is 33.8 Å². The van der Waals surface area contributed by atoms with Gasteiger partial charge in [0.1, 0.15) is 0 Å². The molecule has 1 heterocycles. The van der Waals surface area contributed by atoms with Gasteiger partial charge >= 0.3 is 0 Å². The van der Waals surface area contributed by atoms with E-state index in [0.29, 0.717) is 10.0 Å². The first-order chi connectivity index (χ1) is 8.20. The van der Waals surface area contributed by atoms with E-state index in [0.717, 1.165) is 36.4 Å². The number of rotatable bonds is 3. The fourth-order valence-corrected chi connectivity index (χ4v) is 3.24. The Hall–Kier alpha value is 0.240. The molecule has 2 rings (SSSR count). The molecule has 0 amide bonds.